The fourth-order valence-corrected chi connectivity index (χ4v) is 3.19. The molecule has 0 spiro atoms. The predicted molar refractivity (Wildman–Crippen MR) is 82.7 cm³/mol. The van der Waals surface area contributed by atoms with Gasteiger partial charge >= 0.3 is 0 Å². The summed E-state index contributed by atoms with van der Waals surface area (Å²) in [6.45, 7) is 1.52. The van der Waals surface area contributed by atoms with E-state index in [4.69, 9.17) is 15.5 Å². The van der Waals surface area contributed by atoms with Gasteiger partial charge in [-0.05, 0) is 31.0 Å². The highest BCUT2D eigenvalue weighted by molar-refractivity contribution is 9.10. The van der Waals surface area contributed by atoms with Gasteiger partial charge in [-0.2, -0.15) is 0 Å². The molecule has 1 aromatic carbocycles. The summed E-state index contributed by atoms with van der Waals surface area (Å²) in [6, 6.07) is 5.98. The van der Waals surface area contributed by atoms with Gasteiger partial charge in [0.25, 0.3) is 0 Å². The molecule has 0 atom stereocenters. The lowest BCUT2D eigenvalue weighted by Crippen LogP contribution is -2.15. The quantitative estimate of drug-likeness (QED) is 0.937. The van der Waals surface area contributed by atoms with E-state index < -0.39 is 0 Å². The van der Waals surface area contributed by atoms with Crippen molar-refractivity contribution in [3.63, 3.8) is 0 Å². The predicted octanol–water partition coefficient (Wildman–Crippen LogP) is 3.12. The zero-order chi connectivity index (χ0) is 14.1. The van der Waals surface area contributed by atoms with Crippen LogP contribution in [0.2, 0.25) is 0 Å². The van der Waals surface area contributed by atoms with E-state index in [1.165, 1.54) is 12.8 Å². The molecular formula is C15H18BrN3O. The van der Waals surface area contributed by atoms with Gasteiger partial charge in [0.2, 0.25) is 0 Å². The van der Waals surface area contributed by atoms with Gasteiger partial charge in [0.1, 0.15) is 11.6 Å². The Morgan fingerprint density at radius 2 is 2.25 bits per heavy atom. The molecule has 0 bridgehead atoms. The number of imidazole rings is 1. The largest absolute Gasteiger partial charge is 0.496 e. The molecule has 0 amide bonds. The highest BCUT2D eigenvalue weighted by Gasteiger charge is 2.21. The number of halogens is 1. The van der Waals surface area contributed by atoms with Crippen molar-refractivity contribution in [2.45, 2.75) is 32.4 Å². The molecule has 2 heterocycles. The number of fused-ring (bicyclic) bond motifs is 1. The maximum atomic E-state index is 5.97. The van der Waals surface area contributed by atoms with E-state index in [1.807, 2.05) is 18.2 Å². The van der Waals surface area contributed by atoms with Crippen molar-refractivity contribution in [2.24, 2.45) is 5.73 Å². The minimum absolute atomic E-state index is 0.498. The molecule has 20 heavy (non-hydrogen) atoms. The fourth-order valence-electron chi connectivity index (χ4n) is 2.83. The Hall–Kier alpha value is -1.33. The standard InChI is InChI=1S/C15H18BrN3O/c1-20-13-6-5-10(16)8-11(13)15-12(9-17)19-7-3-2-4-14(19)18-15/h5-6,8H,2-4,7,9,17H2,1H3. The minimum Gasteiger partial charge on any atom is -0.496 e. The van der Waals surface area contributed by atoms with Gasteiger partial charge in [-0.3, -0.25) is 0 Å². The summed E-state index contributed by atoms with van der Waals surface area (Å²) in [7, 11) is 1.69. The average Bonchev–Trinajstić information content (AvgIpc) is 2.85. The molecule has 0 fully saturated rings. The third kappa shape index (κ3) is 2.25. The Kier molecular flexibility index (Phi) is 3.81. The van der Waals surface area contributed by atoms with Crippen molar-refractivity contribution in [1.29, 1.82) is 0 Å². The second-order valence-electron chi connectivity index (χ2n) is 4.98. The van der Waals surface area contributed by atoms with Crippen molar-refractivity contribution >= 4 is 15.9 Å². The first-order chi connectivity index (χ1) is 9.74. The van der Waals surface area contributed by atoms with Crippen LogP contribution in [0.15, 0.2) is 22.7 Å². The van der Waals surface area contributed by atoms with E-state index in [-0.39, 0.29) is 0 Å². The van der Waals surface area contributed by atoms with Crippen LogP contribution >= 0.6 is 15.9 Å². The van der Waals surface area contributed by atoms with Gasteiger partial charge in [-0.15, -0.1) is 0 Å². The van der Waals surface area contributed by atoms with Gasteiger partial charge in [0.15, 0.2) is 0 Å². The number of aromatic nitrogens is 2. The van der Waals surface area contributed by atoms with Crippen LogP contribution in [0, 0.1) is 0 Å². The number of ether oxygens (including phenoxy) is 1. The highest BCUT2D eigenvalue weighted by atomic mass is 79.9. The molecule has 2 aromatic rings. The summed E-state index contributed by atoms with van der Waals surface area (Å²) in [5, 5.41) is 0. The number of nitrogens with zero attached hydrogens (tertiary/aromatic N) is 2. The number of rotatable bonds is 3. The molecule has 4 nitrogen and oxygen atoms in total. The molecule has 0 unspecified atom stereocenters. The van der Waals surface area contributed by atoms with E-state index >= 15 is 0 Å². The molecule has 106 valence electrons. The van der Waals surface area contributed by atoms with E-state index in [2.05, 4.69) is 20.5 Å². The summed E-state index contributed by atoms with van der Waals surface area (Å²) in [4.78, 5) is 4.82. The van der Waals surface area contributed by atoms with Crippen LogP contribution in [0.25, 0.3) is 11.3 Å². The third-order valence-corrected chi connectivity index (χ3v) is 4.29. The van der Waals surface area contributed by atoms with Crippen LogP contribution in [-0.4, -0.2) is 16.7 Å². The van der Waals surface area contributed by atoms with Gasteiger partial charge in [-0.25, -0.2) is 4.98 Å². The molecule has 2 N–H and O–H groups in total. The lowest BCUT2D eigenvalue weighted by atomic mass is 10.1. The Morgan fingerprint density at radius 3 is 3.00 bits per heavy atom. The maximum Gasteiger partial charge on any atom is 0.128 e. The molecule has 1 aliphatic heterocycles. The monoisotopic (exact) mass is 335 g/mol. The molecule has 3 rings (SSSR count). The van der Waals surface area contributed by atoms with Crippen molar-refractivity contribution < 1.29 is 4.74 Å². The van der Waals surface area contributed by atoms with Crippen LogP contribution in [0.3, 0.4) is 0 Å². The molecule has 0 saturated heterocycles. The van der Waals surface area contributed by atoms with E-state index in [0.29, 0.717) is 6.54 Å². The summed E-state index contributed by atoms with van der Waals surface area (Å²) < 4.78 is 8.77. The van der Waals surface area contributed by atoms with Gasteiger partial charge in [0.05, 0.1) is 18.5 Å². The van der Waals surface area contributed by atoms with Crippen molar-refractivity contribution in [3.05, 3.63) is 34.2 Å². The van der Waals surface area contributed by atoms with Crippen LogP contribution in [-0.2, 0) is 19.5 Å². The normalized spacial score (nSPS) is 14.2. The van der Waals surface area contributed by atoms with Crippen LogP contribution in [0.4, 0.5) is 0 Å². The number of nitrogens with two attached hydrogens (primary N) is 1. The van der Waals surface area contributed by atoms with Crippen LogP contribution in [0.5, 0.6) is 5.75 Å². The lowest BCUT2D eigenvalue weighted by molar-refractivity contribution is 0.416. The Morgan fingerprint density at radius 1 is 1.40 bits per heavy atom. The van der Waals surface area contributed by atoms with E-state index in [1.54, 1.807) is 7.11 Å². The van der Waals surface area contributed by atoms with Crippen LogP contribution in [0.1, 0.15) is 24.4 Å². The van der Waals surface area contributed by atoms with Crippen molar-refractivity contribution in [1.82, 2.24) is 9.55 Å². The molecule has 1 aromatic heterocycles. The zero-order valence-electron chi connectivity index (χ0n) is 11.5. The summed E-state index contributed by atoms with van der Waals surface area (Å²) in [5.74, 6) is 1.98. The molecule has 5 heteroatoms. The summed E-state index contributed by atoms with van der Waals surface area (Å²) >= 11 is 3.52. The number of benzene rings is 1. The van der Waals surface area contributed by atoms with Crippen LogP contribution < -0.4 is 10.5 Å². The number of hydrogen-bond donors (Lipinski definition) is 1. The SMILES string of the molecule is COc1ccc(Br)cc1-c1nc2n(c1CN)CCCC2. The van der Waals surface area contributed by atoms with Crippen molar-refractivity contribution in [2.75, 3.05) is 7.11 Å². The maximum absolute atomic E-state index is 5.97. The smallest absolute Gasteiger partial charge is 0.128 e. The molecule has 1 aliphatic rings. The van der Waals surface area contributed by atoms with E-state index in [9.17, 15) is 0 Å². The van der Waals surface area contributed by atoms with Gasteiger partial charge in [-0.1, -0.05) is 15.9 Å². The second kappa shape index (κ2) is 5.58. The number of hydrogen-bond acceptors (Lipinski definition) is 3. The Labute approximate surface area is 127 Å². The number of methoxy groups -OCH3 is 1. The summed E-state index contributed by atoms with van der Waals surface area (Å²) in [6.07, 6.45) is 3.44. The molecular weight excluding hydrogens is 318 g/mol. The number of aryl methyl sites for hydroxylation is 1. The van der Waals surface area contributed by atoms with E-state index in [0.717, 1.165) is 46.0 Å². The molecule has 0 aliphatic carbocycles. The average molecular weight is 336 g/mol. The third-order valence-electron chi connectivity index (χ3n) is 3.79. The second-order valence-corrected chi connectivity index (χ2v) is 5.90. The first kappa shape index (κ1) is 13.6. The fraction of sp³-hybridized carbons (Fsp3) is 0.400. The topological polar surface area (TPSA) is 53.1 Å². The highest BCUT2D eigenvalue weighted by Crippen LogP contribution is 2.35. The minimum atomic E-state index is 0.498. The Balaban J connectivity index is 2.19. The molecule has 0 saturated carbocycles. The van der Waals surface area contributed by atoms with Crippen molar-refractivity contribution in [3.8, 4) is 17.0 Å². The van der Waals surface area contributed by atoms with Gasteiger partial charge < -0.3 is 15.0 Å². The molecule has 0 radical (unpaired) electrons. The lowest BCUT2D eigenvalue weighted by Gasteiger charge is -2.15. The summed E-state index contributed by atoms with van der Waals surface area (Å²) in [5.41, 5.74) is 9.04. The first-order valence-corrected chi connectivity index (χ1v) is 7.66. The zero-order valence-corrected chi connectivity index (χ0v) is 13.1. The van der Waals surface area contributed by atoms with Gasteiger partial charge in [0, 0.05) is 29.5 Å². The Bertz CT molecular complexity index is 636. The first-order valence-electron chi connectivity index (χ1n) is 6.87.